The molecule has 0 saturated carbocycles. The Labute approximate surface area is 126 Å². The van der Waals surface area contributed by atoms with Crippen LogP contribution in [0.4, 0.5) is 0 Å². The Morgan fingerprint density at radius 1 is 1.40 bits per heavy atom. The Bertz CT molecular complexity index is 592. The summed E-state index contributed by atoms with van der Waals surface area (Å²) in [6, 6.07) is 4.81. The first kappa shape index (κ1) is 17.2. The smallest absolute Gasteiger partial charge is 0.245 e. The van der Waals surface area contributed by atoms with Crippen LogP contribution in [0.15, 0.2) is 35.7 Å². The summed E-state index contributed by atoms with van der Waals surface area (Å²) in [5.41, 5.74) is 5.71. The quantitative estimate of drug-likeness (QED) is 0.850. The van der Waals surface area contributed by atoms with E-state index < -0.39 is 15.6 Å². The predicted molar refractivity (Wildman–Crippen MR) is 83.2 cm³/mol. The molecule has 20 heavy (non-hydrogen) atoms. The molecule has 0 bridgehead atoms. The van der Waals surface area contributed by atoms with Crippen molar-refractivity contribution >= 4 is 21.6 Å². The molecule has 0 aliphatic heterocycles. The number of nitrogens with zero attached hydrogens (tertiary/aromatic N) is 1. The standard InChI is InChI=1S/C14H21ClN2O2S/c1-5-8-17(14(2,3)4)20(18,19)13-9-11(10-16)6-7-12(13)15/h5-7,9H,1,8,10,16H2,2-4H3. The molecule has 0 unspecified atom stereocenters. The Hall–Kier alpha value is -0.880. The van der Waals surface area contributed by atoms with E-state index in [1.807, 2.05) is 20.8 Å². The second-order valence-electron chi connectivity index (χ2n) is 5.46. The van der Waals surface area contributed by atoms with Crippen LogP contribution < -0.4 is 5.73 Å². The van der Waals surface area contributed by atoms with Crippen LogP contribution >= 0.6 is 11.6 Å². The summed E-state index contributed by atoms with van der Waals surface area (Å²) in [5, 5.41) is 0.195. The molecule has 2 N–H and O–H groups in total. The first-order chi connectivity index (χ1) is 9.14. The second-order valence-corrected chi connectivity index (χ2v) is 7.70. The summed E-state index contributed by atoms with van der Waals surface area (Å²) in [7, 11) is -3.71. The van der Waals surface area contributed by atoms with E-state index in [4.69, 9.17) is 17.3 Å². The van der Waals surface area contributed by atoms with Gasteiger partial charge in [-0.1, -0.05) is 23.7 Å². The fourth-order valence-corrected chi connectivity index (χ4v) is 4.13. The maximum Gasteiger partial charge on any atom is 0.245 e. The number of halogens is 1. The van der Waals surface area contributed by atoms with Gasteiger partial charge in [-0.3, -0.25) is 0 Å². The van der Waals surface area contributed by atoms with E-state index in [0.29, 0.717) is 0 Å². The van der Waals surface area contributed by atoms with Crippen molar-refractivity contribution in [3.63, 3.8) is 0 Å². The number of rotatable bonds is 5. The molecule has 0 radical (unpaired) electrons. The highest BCUT2D eigenvalue weighted by molar-refractivity contribution is 7.89. The van der Waals surface area contributed by atoms with Gasteiger partial charge in [0.2, 0.25) is 10.0 Å². The molecular formula is C14H21ClN2O2S. The zero-order chi connectivity index (χ0) is 15.6. The summed E-state index contributed by atoms with van der Waals surface area (Å²) >= 11 is 6.06. The highest BCUT2D eigenvalue weighted by Crippen LogP contribution is 2.29. The Kier molecular flexibility index (Phi) is 5.38. The largest absolute Gasteiger partial charge is 0.326 e. The van der Waals surface area contributed by atoms with Gasteiger partial charge in [0, 0.05) is 18.6 Å². The third-order valence-corrected chi connectivity index (χ3v) is 5.45. The second kappa shape index (κ2) is 6.26. The number of hydrogen-bond donors (Lipinski definition) is 1. The van der Waals surface area contributed by atoms with Crippen molar-refractivity contribution in [1.29, 1.82) is 0 Å². The lowest BCUT2D eigenvalue weighted by atomic mass is 10.1. The minimum Gasteiger partial charge on any atom is -0.326 e. The van der Waals surface area contributed by atoms with Crippen LogP contribution in [0.25, 0.3) is 0 Å². The first-order valence-corrected chi connectivity index (χ1v) is 8.08. The molecule has 4 nitrogen and oxygen atoms in total. The van der Waals surface area contributed by atoms with E-state index >= 15 is 0 Å². The van der Waals surface area contributed by atoms with Gasteiger partial charge in [0.15, 0.2) is 0 Å². The Morgan fingerprint density at radius 2 is 2.00 bits per heavy atom. The van der Waals surface area contributed by atoms with E-state index in [1.54, 1.807) is 18.2 Å². The molecule has 0 spiro atoms. The zero-order valence-electron chi connectivity index (χ0n) is 12.1. The van der Waals surface area contributed by atoms with E-state index in [2.05, 4.69) is 6.58 Å². The Morgan fingerprint density at radius 3 is 2.45 bits per heavy atom. The maximum absolute atomic E-state index is 12.8. The van der Waals surface area contributed by atoms with Gasteiger partial charge in [0.1, 0.15) is 4.90 Å². The van der Waals surface area contributed by atoms with Gasteiger partial charge in [0.05, 0.1) is 5.02 Å². The van der Waals surface area contributed by atoms with Crippen LogP contribution in [0.1, 0.15) is 26.3 Å². The number of sulfonamides is 1. The molecule has 0 atom stereocenters. The van der Waals surface area contributed by atoms with E-state index in [1.165, 1.54) is 10.4 Å². The van der Waals surface area contributed by atoms with E-state index in [-0.39, 0.29) is 23.0 Å². The topological polar surface area (TPSA) is 63.4 Å². The van der Waals surface area contributed by atoms with Crippen LogP contribution in [0, 0.1) is 0 Å². The predicted octanol–water partition coefficient (Wildman–Crippen LogP) is 2.77. The number of nitrogens with two attached hydrogens (primary N) is 1. The molecular weight excluding hydrogens is 296 g/mol. The molecule has 0 aliphatic rings. The van der Waals surface area contributed by atoms with Gasteiger partial charge in [-0.2, -0.15) is 4.31 Å². The zero-order valence-corrected chi connectivity index (χ0v) is 13.6. The van der Waals surface area contributed by atoms with Crippen molar-refractivity contribution in [2.45, 2.75) is 37.8 Å². The highest BCUT2D eigenvalue weighted by Gasteiger charge is 2.34. The molecule has 0 amide bonds. The van der Waals surface area contributed by atoms with Crippen LogP contribution in [0.2, 0.25) is 5.02 Å². The lowest BCUT2D eigenvalue weighted by molar-refractivity contribution is 0.270. The van der Waals surface area contributed by atoms with Crippen molar-refractivity contribution in [3.05, 3.63) is 41.4 Å². The van der Waals surface area contributed by atoms with E-state index in [9.17, 15) is 8.42 Å². The fraction of sp³-hybridized carbons (Fsp3) is 0.429. The number of hydrogen-bond acceptors (Lipinski definition) is 3. The van der Waals surface area contributed by atoms with Gasteiger partial charge in [-0.05, 0) is 38.5 Å². The number of benzene rings is 1. The van der Waals surface area contributed by atoms with Crippen molar-refractivity contribution in [2.24, 2.45) is 5.73 Å². The fourth-order valence-electron chi connectivity index (χ4n) is 1.84. The van der Waals surface area contributed by atoms with Gasteiger partial charge >= 0.3 is 0 Å². The van der Waals surface area contributed by atoms with Gasteiger partial charge in [-0.25, -0.2) is 8.42 Å². The summed E-state index contributed by atoms with van der Waals surface area (Å²) in [5.74, 6) is 0. The minimum atomic E-state index is -3.71. The van der Waals surface area contributed by atoms with Crippen molar-refractivity contribution in [2.75, 3.05) is 6.54 Å². The van der Waals surface area contributed by atoms with Crippen molar-refractivity contribution in [1.82, 2.24) is 4.31 Å². The summed E-state index contributed by atoms with van der Waals surface area (Å²) < 4.78 is 27.0. The third kappa shape index (κ3) is 3.61. The lowest BCUT2D eigenvalue weighted by Crippen LogP contribution is -2.45. The Balaban J connectivity index is 3.44. The highest BCUT2D eigenvalue weighted by atomic mass is 35.5. The molecule has 1 rings (SSSR count). The molecule has 0 aliphatic carbocycles. The van der Waals surface area contributed by atoms with Crippen molar-refractivity contribution in [3.8, 4) is 0 Å². The summed E-state index contributed by atoms with van der Waals surface area (Å²) in [6.45, 7) is 9.58. The molecule has 6 heteroatoms. The molecule has 0 aromatic heterocycles. The van der Waals surface area contributed by atoms with Crippen LogP contribution in [-0.2, 0) is 16.6 Å². The van der Waals surface area contributed by atoms with Crippen LogP contribution in [0.3, 0.4) is 0 Å². The average molecular weight is 317 g/mol. The monoisotopic (exact) mass is 316 g/mol. The summed E-state index contributed by atoms with van der Waals surface area (Å²) in [6.07, 6.45) is 1.56. The van der Waals surface area contributed by atoms with Crippen LogP contribution in [0.5, 0.6) is 0 Å². The third-order valence-electron chi connectivity index (χ3n) is 2.84. The van der Waals surface area contributed by atoms with Crippen LogP contribution in [-0.4, -0.2) is 24.8 Å². The SMILES string of the molecule is C=CCN(C(C)(C)C)S(=O)(=O)c1cc(CN)ccc1Cl. The normalized spacial score (nSPS) is 12.7. The maximum atomic E-state index is 12.8. The molecule has 112 valence electrons. The average Bonchev–Trinajstić information content (AvgIpc) is 2.34. The van der Waals surface area contributed by atoms with Gasteiger partial charge in [0.25, 0.3) is 0 Å². The first-order valence-electron chi connectivity index (χ1n) is 6.27. The molecule has 1 aromatic rings. The van der Waals surface area contributed by atoms with Gasteiger partial charge < -0.3 is 5.73 Å². The molecule has 0 fully saturated rings. The van der Waals surface area contributed by atoms with Crippen molar-refractivity contribution < 1.29 is 8.42 Å². The lowest BCUT2D eigenvalue weighted by Gasteiger charge is -2.34. The minimum absolute atomic E-state index is 0.0823. The molecule has 1 aromatic carbocycles. The van der Waals surface area contributed by atoms with E-state index in [0.717, 1.165) is 5.56 Å². The molecule has 0 heterocycles. The summed E-state index contributed by atoms with van der Waals surface area (Å²) in [4.78, 5) is 0.0823. The molecule has 0 saturated heterocycles. The van der Waals surface area contributed by atoms with Gasteiger partial charge in [-0.15, -0.1) is 6.58 Å².